The van der Waals surface area contributed by atoms with Gasteiger partial charge in [-0.1, -0.05) is 5.16 Å². The lowest BCUT2D eigenvalue weighted by molar-refractivity contribution is -0.159. The fourth-order valence-electron chi connectivity index (χ4n) is 1.45. The smallest absolute Gasteiger partial charge is 0.354 e. The number of nitrogens with one attached hydrogen (secondary N) is 1. The molecule has 0 spiro atoms. The average Bonchev–Trinajstić information content (AvgIpc) is 3.08. The van der Waals surface area contributed by atoms with Crippen molar-refractivity contribution in [1.82, 2.24) is 30.2 Å². The second kappa shape index (κ2) is 5.89. The predicted molar refractivity (Wildman–Crippen MR) is 60.7 cm³/mol. The van der Waals surface area contributed by atoms with E-state index in [0.29, 0.717) is 0 Å². The number of rotatable bonds is 5. The first-order valence-corrected chi connectivity index (χ1v) is 5.89. The minimum absolute atomic E-state index is 0.0232. The summed E-state index contributed by atoms with van der Waals surface area (Å²) in [4.78, 5) is 18.7. The molecule has 0 unspecified atom stereocenters. The highest BCUT2D eigenvalue weighted by Crippen LogP contribution is 2.27. The van der Waals surface area contributed by atoms with Crippen LogP contribution < -0.4 is 5.32 Å². The lowest BCUT2D eigenvalue weighted by Gasteiger charge is -2.11. The Hall–Kier alpha value is -2.46. The van der Waals surface area contributed by atoms with Crippen LogP contribution in [0.5, 0.6) is 0 Å². The Kier molecular flexibility index (Phi) is 4.19. The van der Waals surface area contributed by atoms with Crippen molar-refractivity contribution in [3.8, 4) is 0 Å². The first-order valence-electron chi connectivity index (χ1n) is 5.89. The van der Waals surface area contributed by atoms with E-state index in [1.54, 1.807) is 6.92 Å². The second-order valence-corrected chi connectivity index (χ2v) is 4.11. The van der Waals surface area contributed by atoms with Gasteiger partial charge in [0.2, 0.25) is 5.91 Å². The highest BCUT2D eigenvalue weighted by atomic mass is 19.4. The van der Waals surface area contributed by atoms with E-state index in [0.717, 1.165) is 0 Å². The number of alkyl halides is 3. The molecule has 2 heterocycles. The van der Waals surface area contributed by atoms with E-state index in [4.69, 9.17) is 0 Å². The monoisotopic (exact) mass is 304 g/mol. The van der Waals surface area contributed by atoms with Gasteiger partial charge in [-0.15, -0.1) is 0 Å². The number of hydrogen-bond donors (Lipinski definition) is 1. The quantitative estimate of drug-likeness (QED) is 0.868. The third kappa shape index (κ3) is 3.77. The average molecular weight is 304 g/mol. The molecular formula is C10H11F3N6O2. The second-order valence-electron chi connectivity index (χ2n) is 4.11. The van der Waals surface area contributed by atoms with E-state index < -0.39 is 18.1 Å². The molecule has 21 heavy (non-hydrogen) atoms. The number of halogens is 3. The third-order valence-corrected chi connectivity index (χ3v) is 2.57. The fraction of sp³-hybridized carbons (Fsp3) is 0.500. The molecule has 8 nitrogen and oxygen atoms in total. The number of aromatic nitrogens is 5. The predicted octanol–water partition coefficient (Wildman–Crippen LogP) is 0.600. The van der Waals surface area contributed by atoms with Crippen LogP contribution in [0.15, 0.2) is 17.2 Å². The van der Waals surface area contributed by atoms with Crippen LogP contribution in [0.2, 0.25) is 0 Å². The summed E-state index contributed by atoms with van der Waals surface area (Å²) in [5, 5.41) is 9.54. The highest BCUT2D eigenvalue weighted by molar-refractivity contribution is 5.79. The van der Waals surface area contributed by atoms with Gasteiger partial charge in [-0.2, -0.15) is 23.3 Å². The van der Waals surface area contributed by atoms with Crippen molar-refractivity contribution < 1.29 is 22.5 Å². The van der Waals surface area contributed by atoms with Crippen LogP contribution >= 0.6 is 0 Å². The summed E-state index contributed by atoms with van der Waals surface area (Å²) in [6.45, 7) is 1.69. The van der Waals surface area contributed by atoms with Gasteiger partial charge in [0.15, 0.2) is 5.82 Å². The van der Waals surface area contributed by atoms with Gasteiger partial charge in [0.05, 0.1) is 0 Å². The highest BCUT2D eigenvalue weighted by Gasteiger charge is 2.38. The first kappa shape index (κ1) is 14.9. The molecule has 2 aromatic heterocycles. The molecule has 0 fully saturated rings. The maximum absolute atomic E-state index is 12.2. The largest absolute Gasteiger partial charge is 0.471 e. The number of hydrogen-bond acceptors (Lipinski definition) is 6. The Balaban J connectivity index is 1.82. The molecule has 11 heteroatoms. The molecule has 1 N–H and O–H groups in total. The van der Waals surface area contributed by atoms with Crippen LogP contribution in [0, 0.1) is 0 Å². The van der Waals surface area contributed by atoms with Crippen molar-refractivity contribution in [2.45, 2.75) is 25.6 Å². The van der Waals surface area contributed by atoms with E-state index in [2.05, 4.69) is 30.1 Å². The SMILES string of the molecule is C[C@@H](C(=O)NCCc1noc(C(F)(F)F)n1)n1cncn1. The molecule has 0 aromatic carbocycles. The summed E-state index contributed by atoms with van der Waals surface area (Å²) in [6, 6.07) is -0.580. The molecule has 0 aliphatic carbocycles. The fourth-order valence-corrected chi connectivity index (χ4v) is 1.45. The molecule has 2 rings (SSSR count). The maximum Gasteiger partial charge on any atom is 0.471 e. The maximum atomic E-state index is 12.2. The first-order chi connectivity index (χ1) is 9.88. The van der Waals surface area contributed by atoms with Gasteiger partial charge in [0, 0.05) is 13.0 Å². The van der Waals surface area contributed by atoms with Crippen molar-refractivity contribution >= 4 is 5.91 Å². The zero-order valence-corrected chi connectivity index (χ0v) is 10.8. The third-order valence-electron chi connectivity index (χ3n) is 2.57. The number of carbonyl (C=O) groups is 1. The summed E-state index contributed by atoms with van der Waals surface area (Å²) in [7, 11) is 0. The van der Waals surface area contributed by atoms with Gasteiger partial charge < -0.3 is 9.84 Å². The molecular weight excluding hydrogens is 293 g/mol. The van der Waals surface area contributed by atoms with E-state index >= 15 is 0 Å². The van der Waals surface area contributed by atoms with Gasteiger partial charge in [0.25, 0.3) is 0 Å². The van der Waals surface area contributed by atoms with Crippen molar-refractivity contribution in [3.63, 3.8) is 0 Å². The lowest BCUT2D eigenvalue weighted by atomic mass is 10.3. The standard InChI is InChI=1S/C10H11F3N6O2/c1-6(19-5-14-4-16-19)8(20)15-3-2-7-17-9(21-18-7)10(11,12)13/h4-6H,2-3H2,1H3,(H,15,20)/t6-/m0/s1. The summed E-state index contributed by atoms with van der Waals surface area (Å²) in [6.07, 6.45) is -1.97. The summed E-state index contributed by atoms with van der Waals surface area (Å²) in [5.41, 5.74) is 0. The zero-order chi connectivity index (χ0) is 15.5. The van der Waals surface area contributed by atoms with Crippen LogP contribution in [0.4, 0.5) is 13.2 Å². The molecule has 2 aromatic rings. The van der Waals surface area contributed by atoms with E-state index in [9.17, 15) is 18.0 Å². The van der Waals surface area contributed by atoms with Crippen LogP contribution in [-0.4, -0.2) is 37.4 Å². The molecule has 0 bridgehead atoms. The Morgan fingerprint density at radius 1 is 1.52 bits per heavy atom. The normalized spacial score (nSPS) is 13.1. The van der Waals surface area contributed by atoms with Gasteiger partial charge in [-0.3, -0.25) is 4.79 Å². The van der Waals surface area contributed by atoms with Gasteiger partial charge >= 0.3 is 12.1 Å². The summed E-state index contributed by atoms with van der Waals surface area (Å²) >= 11 is 0. The Bertz CT molecular complexity index is 594. The topological polar surface area (TPSA) is 98.7 Å². The van der Waals surface area contributed by atoms with Gasteiger partial charge in [-0.05, 0) is 6.92 Å². The van der Waals surface area contributed by atoms with E-state index in [-0.39, 0.29) is 24.7 Å². The van der Waals surface area contributed by atoms with Gasteiger partial charge in [0.1, 0.15) is 18.7 Å². The van der Waals surface area contributed by atoms with E-state index in [1.807, 2.05) is 0 Å². The molecule has 0 aliphatic rings. The number of amides is 1. The molecule has 1 atom stereocenters. The van der Waals surface area contributed by atoms with Crippen molar-refractivity contribution in [2.24, 2.45) is 0 Å². The number of carbonyl (C=O) groups excluding carboxylic acids is 1. The molecule has 0 saturated heterocycles. The zero-order valence-electron chi connectivity index (χ0n) is 10.8. The molecule has 114 valence electrons. The Labute approximate surface area is 116 Å². The Morgan fingerprint density at radius 2 is 2.29 bits per heavy atom. The van der Waals surface area contributed by atoms with Crippen molar-refractivity contribution in [1.29, 1.82) is 0 Å². The van der Waals surface area contributed by atoms with Crippen LogP contribution in [-0.2, 0) is 17.4 Å². The minimum atomic E-state index is -4.67. The van der Waals surface area contributed by atoms with Crippen LogP contribution in [0.25, 0.3) is 0 Å². The van der Waals surface area contributed by atoms with Crippen molar-refractivity contribution in [3.05, 3.63) is 24.4 Å². The molecule has 0 radical (unpaired) electrons. The molecule has 1 amide bonds. The minimum Gasteiger partial charge on any atom is -0.354 e. The lowest BCUT2D eigenvalue weighted by Crippen LogP contribution is -2.32. The number of nitrogens with zero attached hydrogens (tertiary/aromatic N) is 5. The van der Waals surface area contributed by atoms with Crippen LogP contribution in [0.1, 0.15) is 24.7 Å². The Morgan fingerprint density at radius 3 is 2.86 bits per heavy atom. The summed E-state index contributed by atoms with van der Waals surface area (Å²) < 4.78 is 42.1. The van der Waals surface area contributed by atoms with Gasteiger partial charge in [-0.25, -0.2) is 9.67 Å². The molecule has 0 aliphatic heterocycles. The molecule has 0 saturated carbocycles. The van der Waals surface area contributed by atoms with Crippen LogP contribution in [0.3, 0.4) is 0 Å². The van der Waals surface area contributed by atoms with E-state index in [1.165, 1.54) is 17.3 Å². The van der Waals surface area contributed by atoms with Crippen molar-refractivity contribution in [2.75, 3.05) is 6.54 Å². The summed E-state index contributed by atoms with van der Waals surface area (Å²) in [5.74, 6) is -1.88.